The molecule has 0 saturated heterocycles. The Balaban J connectivity index is 1.94. The van der Waals surface area contributed by atoms with Crippen molar-refractivity contribution in [1.29, 1.82) is 0 Å². The number of nitrogens with zero attached hydrogens (tertiary/aromatic N) is 2. The number of methoxy groups -OCH3 is 1. The summed E-state index contributed by atoms with van der Waals surface area (Å²) in [6.45, 7) is 2.79. The molecule has 0 aliphatic carbocycles. The van der Waals surface area contributed by atoms with E-state index >= 15 is 0 Å². The summed E-state index contributed by atoms with van der Waals surface area (Å²) in [7, 11) is 1.57. The molecule has 4 N–H and O–H groups in total. The molecule has 0 atom stereocenters. The van der Waals surface area contributed by atoms with E-state index in [4.69, 9.17) is 10.5 Å². The molecule has 128 valence electrons. The van der Waals surface area contributed by atoms with Gasteiger partial charge in [-0.25, -0.2) is 0 Å². The molecule has 0 radical (unpaired) electrons. The Hall–Kier alpha value is -2.87. The van der Waals surface area contributed by atoms with Gasteiger partial charge in [-0.05, 0) is 24.6 Å². The van der Waals surface area contributed by atoms with Crippen LogP contribution in [0.5, 0.6) is 0 Å². The van der Waals surface area contributed by atoms with E-state index in [1.54, 1.807) is 31.5 Å². The van der Waals surface area contributed by atoms with Gasteiger partial charge in [0.2, 0.25) is 5.91 Å². The molecule has 2 rings (SSSR count). The Morgan fingerprint density at radius 3 is 2.92 bits per heavy atom. The fourth-order valence-corrected chi connectivity index (χ4v) is 2.09. The van der Waals surface area contributed by atoms with Crippen LogP contribution in [0.15, 0.2) is 30.6 Å². The van der Waals surface area contributed by atoms with Crippen LogP contribution in [-0.4, -0.2) is 41.9 Å². The van der Waals surface area contributed by atoms with Crippen LogP contribution in [0.3, 0.4) is 0 Å². The first-order chi connectivity index (χ1) is 11.5. The molecule has 8 heteroatoms. The van der Waals surface area contributed by atoms with Crippen molar-refractivity contribution in [3.05, 3.63) is 41.7 Å². The molecule has 0 unspecified atom stereocenters. The number of ether oxygens (including phenoxy) is 1. The Bertz CT molecular complexity index is 726. The van der Waals surface area contributed by atoms with Gasteiger partial charge in [-0.2, -0.15) is 5.10 Å². The summed E-state index contributed by atoms with van der Waals surface area (Å²) in [6, 6.07) is 5.16. The topological polar surface area (TPSA) is 111 Å². The number of aromatic nitrogens is 2. The summed E-state index contributed by atoms with van der Waals surface area (Å²) in [4.78, 5) is 24.0. The summed E-state index contributed by atoms with van der Waals surface area (Å²) < 4.78 is 6.31. The molecular weight excluding hydrogens is 310 g/mol. The Kier molecular flexibility index (Phi) is 5.91. The molecule has 0 bridgehead atoms. The predicted molar refractivity (Wildman–Crippen MR) is 90.7 cm³/mol. The van der Waals surface area contributed by atoms with Crippen LogP contribution in [0.1, 0.15) is 15.9 Å². The summed E-state index contributed by atoms with van der Waals surface area (Å²) in [5, 5.41) is 9.49. The van der Waals surface area contributed by atoms with E-state index in [0.717, 1.165) is 5.56 Å². The van der Waals surface area contributed by atoms with Crippen molar-refractivity contribution in [2.24, 2.45) is 0 Å². The first-order valence-corrected chi connectivity index (χ1v) is 7.45. The number of aryl methyl sites for hydroxylation is 1. The number of nitrogens with two attached hydrogens (primary N) is 1. The Morgan fingerprint density at radius 2 is 2.17 bits per heavy atom. The van der Waals surface area contributed by atoms with E-state index in [-0.39, 0.29) is 18.4 Å². The van der Waals surface area contributed by atoms with Crippen molar-refractivity contribution in [3.8, 4) is 0 Å². The first kappa shape index (κ1) is 17.5. The lowest BCUT2D eigenvalue weighted by molar-refractivity contribution is -0.122. The second-order valence-corrected chi connectivity index (χ2v) is 5.30. The van der Waals surface area contributed by atoms with Gasteiger partial charge in [0.15, 0.2) is 0 Å². The largest absolute Gasteiger partial charge is 0.399 e. The maximum absolute atomic E-state index is 12.3. The minimum absolute atomic E-state index is 0.0664. The molecule has 2 amide bonds. The number of hydrogen-bond donors (Lipinski definition) is 3. The van der Waals surface area contributed by atoms with E-state index in [9.17, 15) is 9.59 Å². The zero-order valence-electron chi connectivity index (χ0n) is 13.7. The lowest BCUT2D eigenvalue weighted by Crippen LogP contribution is -2.30. The molecule has 0 fully saturated rings. The number of nitrogen functional groups attached to an aromatic ring is 1. The van der Waals surface area contributed by atoms with Crippen molar-refractivity contribution in [2.75, 3.05) is 31.3 Å². The third-order valence-corrected chi connectivity index (χ3v) is 3.33. The molecule has 0 saturated carbocycles. The molecular formula is C16H21N5O3. The van der Waals surface area contributed by atoms with Crippen molar-refractivity contribution in [1.82, 2.24) is 15.1 Å². The molecule has 0 aliphatic heterocycles. The maximum Gasteiger partial charge on any atom is 0.256 e. The third-order valence-electron chi connectivity index (χ3n) is 3.33. The van der Waals surface area contributed by atoms with E-state index in [1.165, 1.54) is 10.9 Å². The molecule has 24 heavy (non-hydrogen) atoms. The third kappa shape index (κ3) is 4.82. The van der Waals surface area contributed by atoms with Crippen molar-refractivity contribution < 1.29 is 14.3 Å². The minimum Gasteiger partial charge on any atom is -0.399 e. The molecule has 0 aliphatic rings. The normalized spacial score (nSPS) is 10.4. The van der Waals surface area contributed by atoms with Gasteiger partial charge >= 0.3 is 0 Å². The molecule has 1 heterocycles. The lowest BCUT2D eigenvalue weighted by Gasteiger charge is -2.07. The zero-order chi connectivity index (χ0) is 17.5. The van der Waals surface area contributed by atoms with E-state index in [2.05, 4.69) is 15.7 Å². The smallest absolute Gasteiger partial charge is 0.256 e. The SMILES string of the molecule is COCCNC(=O)Cn1cc(NC(=O)c2cc(N)ccc2C)cn1. The number of rotatable bonds is 7. The van der Waals surface area contributed by atoms with E-state index < -0.39 is 0 Å². The van der Waals surface area contributed by atoms with Crippen LogP contribution >= 0.6 is 0 Å². The number of nitrogens with one attached hydrogen (secondary N) is 2. The van der Waals surface area contributed by atoms with Crippen LogP contribution < -0.4 is 16.4 Å². The number of benzene rings is 1. The molecule has 8 nitrogen and oxygen atoms in total. The molecule has 1 aromatic carbocycles. The van der Waals surface area contributed by atoms with E-state index in [0.29, 0.717) is 30.1 Å². The summed E-state index contributed by atoms with van der Waals surface area (Å²) in [5.74, 6) is -0.455. The second kappa shape index (κ2) is 8.11. The van der Waals surface area contributed by atoms with Gasteiger partial charge in [0, 0.05) is 31.1 Å². The van der Waals surface area contributed by atoms with Crippen LogP contribution in [-0.2, 0) is 16.1 Å². The van der Waals surface area contributed by atoms with E-state index in [1.807, 2.05) is 6.92 Å². The quantitative estimate of drug-likeness (QED) is 0.513. The van der Waals surface area contributed by atoms with Crippen LogP contribution in [0.25, 0.3) is 0 Å². The average Bonchev–Trinajstić information content (AvgIpc) is 2.96. The van der Waals surface area contributed by atoms with Crippen molar-refractivity contribution in [2.45, 2.75) is 13.5 Å². The van der Waals surface area contributed by atoms with Crippen molar-refractivity contribution >= 4 is 23.2 Å². The highest BCUT2D eigenvalue weighted by Gasteiger charge is 2.11. The first-order valence-electron chi connectivity index (χ1n) is 7.45. The Morgan fingerprint density at radius 1 is 1.38 bits per heavy atom. The van der Waals surface area contributed by atoms with Gasteiger partial charge < -0.3 is 21.1 Å². The molecule has 0 spiro atoms. The van der Waals surface area contributed by atoms with Gasteiger partial charge in [-0.1, -0.05) is 6.07 Å². The van der Waals surface area contributed by atoms with Gasteiger partial charge in [0.25, 0.3) is 5.91 Å². The van der Waals surface area contributed by atoms with Crippen LogP contribution in [0, 0.1) is 6.92 Å². The molecule has 2 aromatic rings. The Labute approximate surface area is 140 Å². The van der Waals surface area contributed by atoms with Gasteiger partial charge in [-0.3, -0.25) is 14.3 Å². The zero-order valence-corrected chi connectivity index (χ0v) is 13.7. The fraction of sp³-hybridized carbons (Fsp3) is 0.312. The highest BCUT2D eigenvalue weighted by Crippen LogP contribution is 2.15. The number of anilines is 2. The van der Waals surface area contributed by atoms with Crippen LogP contribution in [0.4, 0.5) is 11.4 Å². The lowest BCUT2D eigenvalue weighted by atomic mass is 10.1. The highest BCUT2D eigenvalue weighted by molar-refractivity contribution is 6.05. The highest BCUT2D eigenvalue weighted by atomic mass is 16.5. The summed E-state index contributed by atoms with van der Waals surface area (Å²) in [5.41, 5.74) is 8.07. The van der Waals surface area contributed by atoms with Gasteiger partial charge in [-0.15, -0.1) is 0 Å². The minimum atomic E-state index is -0.274. The maximum atomic E-state index is 12.3. The predicted octanol–water partition coefficient (Wildman–Crippen LogP) is 0.789. The monoisotopic (exact) mass is 331 g/mol. The van der Waals surface area contributed by atoms with Crippen LogP contribution in [0.2, 0.25) is 0 Å². The second-order valence-electron chi connectivity index (χ2n) is 5.30. The summed E-state index contributed by atoms with van der Waals surface area (Å²) in [6.07, 6.45) is 3.08. The number of hydrogen-bond acceptors (Lipinski definition) is 5. The average molecular weight is 331 g/mol. The fourth-order valence-electron chi connectivity index (χ4n) is 2.09. The summed E-state index contributed by atoms with van der Waals surface area (Å²) >= 11 is 0. The number of amides is 2. The van der Waals surface area contributed by atoms with Gasteiger partial charge in [0.05, 0.1) is 18.5 Å². The number of carbonyl (C=O) groups excluding carboxylic acids is 2. The molecule has 1 aromatic heterocycles. The van der Waals surface area contributed by atoms with Crippen molar-refractivity contribution in [3.63, 3.8) is 0 Å². The number of carbonyl (C=O) groups is 2. The standard InChI is InChI=1S/C16H21N5O3/c1-11-3-4-12(17)7-14(11)16(23)20-13-8-19-21(9-13)10-15(22)18-5-6-24-2/h3-4,7-9H,5-6,10,17H2,1-2H3,(H,18,22)(H,20,23). The van der Waals surface area contributed by atoms with Gasteiger partial charge in [0.1, 0.15) is 6.54 Å².